The summed E-state index contributed by atoms with van der Waals surface area (Å²) in [5, 5.41) is 0.832. The van der Waals surface area contributed by atoms with Gasteiger partial charge in [0, 0.05) is 12.2 Å². The van der Waals surface area contributed by atoms with Crippen molar-refractivity contribution in [3.05, 3.63) is 5.01 Å². The third kappa shape index (κ3) is 5.44. The fourth-order valence-electron chi connectivity index (χ4n) is 1.49. The maximum Gasteiger partial charge on any atom is 0.258 e. The third-order valence-electron chi connectivity index (χ3n) is 2.50. The number of hydrogen-bond acceptors (Lipinski definition) is 5. The highest BCUT2D eigenvalue weighted by Crippen LogP contribution is 2.27. The number of hydrogen-bond donors (Lipinski definition) is 0. The van der Waals surface area contributed by atoms with Crippen molar-refractivity contribution in [1.82, 2.24) is 9.36 Å². The summed E-state index contributed by atoms with van der Waals surface area (Å²) in [4.78, 5) is 4.13. The molecule has 0 spiro atoms. The summed E-state index contributed by atoms with van der Waals surface area (Å²) < 4.78 is 26.4. The van der Waals surface area contributed by atoms with Crippen molar-refractivity contribution >= 4 is 21.4 Å². The quantitative estimate of drug-likeness (QED) is 0.803. The highest BCUT2D eigenvalue weighted by molar-refractivity contribution is 7.90. The SMILES string of the molecule is CC.CCCCC(CC)c1nc(S(C)(=O)=O)ns1. The summed E-state index contributed by atoms with van der Waals surface area (Å²) in [5.74, 6) is 0.355. The molecule has 0 fully saturated rings. The van der Waals surface area contributed by atoms with E-state index in [0.29, 0.717) is 5.92 Å². The Labute approximate surface area is 115 Å². The van der Waals surface area contributed by atoms with Crippen molar-refractivity contribution in [3.63, 3.8) is 0 Å². The summed E-state index contributed by atoms with van der Waals surface area (Å²) >= 11 is 1.22. The highest BCUT2D eigenvalue weighted by atomic mass is 32.2. The number of aromatic nitrogens is 2. The van der Waals surface area contributed by atoms with Gasteiger partial charge in [-0.25, -0.2) is 13.4 Å². The van der Waals surface area contributed by atoms with Crippen LogP contribution >= 0.6 is 11.5 Å². The average Bonchev–Trinajstić information content (AvgIpc) is 2.82. The average molecular weight is 292 g/mol. The van der Waals surface area contributed by atoms with E-state index in [1.165, 1.54) is 11.5 Å². The number of unbranched alkanes of at least 4 members (excludes halogenated alkanes) is 1. The molecule has 1 aromatic rings. The van der Waals surface area contributed by atoms with Crippen molar-refractivity contribution in [1.29, 1.82) is 0 Å². The first-order valence-electron chi connectivity index (χ1n) is 6.52. The van der Waals surface area contributed by atoms with Gasteiger partial charge >= 0.3 is 0 Å². The Balaban J connectivity index is 0.00000137. The molecular weight excluding hydrogens is 268 g/mol. The lowest BCUT2D eigenvalue weighted by atomic mass is 10.0. The topological polar surface area (TPSA) is 59.9 Å². The predicted octanol–water partition coefficient (Wildman–Crippen LogP) is 3.65. The second kappa shape index (κ2) is 8.58. The molecule has 0 saturated carbocycles. The van der Waals surface area contributed by atoms with Gasteiger partial charge in [0.15, 0.2) is 0 Å². The Morgan fingerprint density at radius 2 is 1.89 bits per heavy atom. The van der Waals surface area contributed by atoms with E-state index in [1.807, 2.05) is 13.8 Å². The molecule has 18 heavy (non-hydrogen) atoms. The summed E-state index contributed by atoms with van der Waals surface area (Å²) in [6, 6.07) is 0. The molecule has 106 valence electrons. The number of sulfone groups is 1. The molecule has 0 aliphatic heterocycles. The lowest BCUT2D eigenvalue weighted by molar-refractivity contribution is 0.561. The molecule has 1 heterocycles. The Bertz CT molecular complexity index is 427. The zero-order valence-electron chi connectivity index (χ0n) is 11.9. The zero-order chi connectivity index (χ0) is 14.2. The minimum absolute atomic E-state index is 0.0255. The molecule has 0 aliphatic rings. The molecule has 0 N–H and O–H groups in total. The largest absolute Gasteiger partial charge is 0.258 e. The fraction of sp³-hybridized carbons (Fsp3) is 0.833. The lowest BCUT2D eigenvalue weighted by Crippen LogP contribution is -2.01. The molecule has 0 aromatic carbocycles. The molecule has 1 aromatic heterocycles. The standard InChI is InChI=1S/C10H18N2O2S2.C2H6/c1-4-6-7-8(5-2)9-11-10(12-15-9)16(3,13)14;1-2/h8H,4-7H2,1-3H3;1-2H3. The normalized spacial score (nSPS) is 12.7. The van der Waals surface area contributed by atoms with Crippen LogP contribution in [0.3, 0.4) is 0 Å². The lowest BCUT2D eigenvalue weighted by Gasteiger charge is -2.09. The van der Waals surface area contributed by atoms with E-state index in [1.54, 1.807) is 0 Å². The number of rotatable bonds is 6. The summed E-state index contributed by atoms with van der Waals surface area (Å²) in [6.45, 7) is 8.25. The Morgan fingerprint density at radius 3 is 2.28 bits per heavy atom. The van der Waals surface area contributed by atoms with Crippen molar-refractivity contribution in [2.45, 2.75) is 64.5 Å². The van der Waals surface area contributed by atoms with Gasteiger partial charge in [-0.2, -0.15) is 4.37 Å². The second-order valence-corrected chi connectivity index (χ2v) is 6.63. The third-order valence-corrected chi connectivity index (χ3v) is 4.34. The zero-order valence-corrected chi connectivity index (χ0v) is 13.6. The van der Waals surface area contributed by atoms with E-state index in [9.17, 15) is 8.42 Å². The van der Waals surface area contributed by atoms with E-state index in [-0.39, 0.29) is 5.16 Å². The van der Waals surface area contributed by atoms with Crippen LogP contribution in [-0.2, 0) is 9.84 Å². The first kappa shape index (κ1) is 17.5. The van der Waals surface area contributed by atoms with E-state index in [0.717, 1.165) is 36.9 Å². The van der Waals surface area contributed by atoms with Crippen LogP contribution in [0.2, 0.25) is 0 Å². The van der Waals surface area contributed by atoms with Crippen LogP contribution in [0.5, 0.6) is 0 Å². The van der Waals surface area contributed by atoms with Gasteiger partial charge in [-0.1, -0.05) is 40.5 Å². The second-order valence-electron chi connectivity index (χ2n) is 3.93. The summed E-state index contributed by atoms with van der Waals surface area (Å²) in [5.41, 5.74) is 0. The maximum absolute atomic E-state index is 11.3. The smallest absolute Gasteiger partial charge is 0.221 e. The Morgan fingerprint density at radius 1 is 1.28 bits per heavy atom. The maximum atomic E-state index is 11.3. The van der Waals surface area contributed by atoms with Gasteiger partial charge in [-0.15, -0.1) is 0 Å². The molecule has 0 bridgehead atoms. The van der Waals surface area contributed by atoms with Crippen LogP contribution in [-0.4, -0.2) is 24.0 Å². The van der Waals surface area contributed by atoms with Crippen molar-refractivity contribution in [2.24, 2.45) is 0 Å². The van der Waals surface area contributed by atoms with E-state index >= 15 is 0 Å². The highest BCUT2D eigenvalue weighted by Gasteiger charge is 2.19. The van der Waals surface area contributed by atoms with E-state index < -0.39 is 9.84 Å². The molecule has 4 nitrogen and oxygen atoms in total. The molecule has 0 radical (unpaired) electrons. The predicted molar refractivity (Wildman–Crippen MR) is 76.9 cm³/mol. The first-order chi connectivity index (χ1) is 8.49. The molecular formula is C12H24N2O2S2. The summed E-state index contributed by atoms with van der Waals surface area (Å²) in [6.07, 6.45) is 5.48. The number of nitrogens with zero attached hydrogens (tertiary/aromatic N) is 2. The van der Waals surface area contributed by atoms with Crippen LogP contribution in [0.4, 0.5) is 0 Å². The van der Waals surface area contributed by atoms with Gasteiger partial charge in [-0.05, 0) is 24.4 Å². The van der Waals surface area contributed by atoms with Gasteiger partial charge in [0.1, 0.15) is 5.01 Å². The minimum Gasteiger partial charge on any atom is -0.221 e. The van der Waals surface area contributed by atoms with Crippen molar-refractivity contribution in [2.75, 3.05) is 6.26 Å². The van der Waals surface area contributed by atoms with Gasteiger partial charge < -0.3 is 0 Å². The van der Waals surface area contributed by atoms with E-state index in [4.69, 9.17) is 0 Å². The fourth-order valence-corrected chi connectivity index (χ4v) is 3.24. The molecule has 0 saturated heterocycles. The molecule has 1 atom stereocenters. The summed E-state index contributed by atoms with van der Waals surface area (Å²) in [7, 11) is -3.26. The van der Waals surface area contributed by atoms with E-state index in [2.05, 4.69) is 23.2 Å². The molecule has 0 amide bonds. The molecule has 0 aliphatic carbocycles. The van der Waals surface area contributed by atoms with Crippen LogP contribution < -0.4 is 0 Å². The van der Waals surface area contributed by atoms with Gasteiger partial charge in [0.05, 0.1) is 0 Å². The van der Waals surface area contributed by atoms with Crippen LogP contribution in [0.25, 0.3) is 0 Å². The Kier molecular flexibility index (Phi) is 8.35. The molecule has 6 heteroatoms. The van der Waals surface area contributed by atoms with Gasteiger partial charge in [0.25, 0.3) is 5.16 Å². The molecule has 1 rings (SSSR count). The van der Waals surface area contributed by atoms with Crippen molar-refractivity contribution in [3.8, 4) is 0 Å². The minimum atomic E-state index is -3.26. The van der Waals surface area contributed by atoms with Crippen LogP contribution in [0.15, 0.2) is 5.16 Å². The van der Waals surface area contributed by atoms with Gasteiger partial charge in [-0.3, -0.25) is 0 Å². The Hall–Kier alpha value is -0.490. The molecule has 1 unspecified atom stereocenters. The van der Waals surface area contributed by atoms with Gasteiger partial charge in [0.2, 0.25) is 9.84 Å². The first-order valence-corrected chi connectivity index (χ1v) is 9.19. The van der Waals surface area contributed by atoms with Crippen LogP contribution in [0, 0.1) is 0 Å². The van der Waals surface area contributed by atoms with Crippen molar-refractivity contribution < 1.29 is 8.42 Å². The monoisotopic (exact) mass is 292 g/mol. The van der Waals surface area contributed by atoms with Crippen LogP contribution in [0.1, 0.15) is 64.3 Å².